The molecule has 0 aliphatic heterocycles. The zero-order chi connectivity index (χ0) is 17.9. The van der Waals surface area contributed by atoms with E-state index in [0.29, 0.717) is 5.69 Å². The fourth-order valence-corrected chi connectivity index (χ4v) is 3.17. The molecule has 0 atom stereocenters. The maximum absolute atomic E-state index is 12.4. The van der Waals surface area contributed by atoms with Crippen LogP contribution in [0.1, 0.15) is 11.3 Å². The summed E-state index contributed by atoms with van der Waals surface area (Å²) >= 11 is 0. The molecule has 0 saturated heterocycles. The Labute approximate surface area is 146 Å². The maximum atomic E-state index is 12.4. The Morgan fingerprint density at radius 2 is 1.64 bits per heavy atom. The average molecular weight is 350 g/mol. The third kappa shape index (κ3) is 3.67. The molecule has 6 heteroatoms. The molecule has 1 aromatic heterocycles. The summed E-state index contributed by atoms with van der Waals surface area (Å²) in [5.41, 5.74) is 2.24. The first kappa shape index (κ1) is 16.7. The molecule has 3 rings (SSSR count). The van der Waals surface area contributed by atoms with Crippen LogP contribution in [0, 0.1) is 18.3 Å². The van der Waals surface area contributed by atoms with Gasteiger partial charge >= 0.3 is 10.1 Å². The molecule has 25 heavy (non-hydrogen) atoms. The minimum absolute atomic E-state index is 0.0223. The van der Waals surface area contributed by atoms with Gasteiger partial charge in [-0.2, -0.15) is 13.7 Å². The molecule has 124 valence electrons. The summed E-state index contributed by atoms with van der Waals surface area (Å²) in [6.07, 6.45) is 0. The predicted octanol–water partition coefficient (Wildman–Crippen LogP) is 3.70. The molecule has 3 aromatic rings. The molecule has 0 saturated carbocycles. The van der Waals surface area contributed by atoms with Crippen molar-refractivity contribution >= 4 is 10.1 Å². The van der Waals surface area contributed by atoms with Gasteiger partial charge in [0.2, 0.25) is 0 Å². The third-order valence-corrected chi connectivity index (χ3v) is 4.79. The molecule has 5 nitrogen and oxygen atoms in total. The maximum Gasteiger partial charge on any atom is 0.339 e. The van der Waals surface area contributed by atoms with Crippen molar-refractivity contribution in [3.05, 3.63) is 78.0 Å². The highest BCUT2D eigenvalue weighted by Gasteiger charge is 2.19. The Morgan fingerprint density at radius 1 is 0.960 bits per heavy atom. The van der Waals surface area contributed by atoms with Crippen molar-refractivity contribution in [3.8, 4) is 23.1 Å². The second-order valence-electron chi connectivity index (χ2n) is 5.37. The van der Waals surface area contributed by atoms with E-state index >= 15 is 0 Å². The van der Waals surface area contributed by atoms with Crippen LogP contribution >= 0.6 is 0 Å². The predicted molar refractivity (Wildman–Crippen MR) is 93.4 cm³/mol. The first-order valence-electron chi connectivity index (χ1n) is 7.47. The van der Waals surface area contributed by atoms with E-state index in [2.05, 4.69) is 4.98 Å². The lowest BCUT2D eigenvalue weighted by Crippen LogP contribution is -2.11. The molecule has 0 spiro atoms. The van der Waals surface area contributed by atoms with E-state index in [1.54, 1.807) is 18.2 Å². The van der Waals surface area contributed by atoms with Crippen molar-refractivity contribution < 1.29 is 12.6 Å². The van der Waals surface area contributed by atoms with Crippen LogP contribution in [0.25, 0.3) is 11.3 Å². The molecule has 0 aliphatic rings. The number of benzene rings is 2. The Morgan fingerprint density at radius 3 is 2.28 bits per heavy atom. The Bertz CT molecular complexity index is 1040. The van der Waals surface area contributed by atoms with Crippen molar-refractivity contribution in [3.63, 3.8) is 0 Å². The Hall–Kier alpha value is -3.17. The molecule has 0 unspecified atom stereocenters. The minimum Gasteiger partial charge on any atom is -0.376 e. The van der Waals surface area contributed by atoms with Gasteiger partial charge in [-0.05, 0) is 31.2 Å². The van der Waals surface area contributed by atoms with Crippen molar-refractivity contribution in [1.29, 1.82) is 5.26 Å². The number of nitriles is 1. The van der Waals surface area contributed by atoms with Crippen LogP contribution < -0.4 is 4.18 Å². The number of nitrogens with zero attached hydrogens (tertiary/aromatic N) is 2. The normalized spacial score (nSPS) is 10.9. The van der Waals surface area contributed by atoms with Crippen LogP contribution in [0.4, 0.5) is 0 Å². The van der Waals surface area contributed by atoms with Gasteiger partial charge in [-0.25, -0.2) is 4.98 Å². The van der Waals surface area contributed by atoms with Gasteiger partial charge in [0.15, 0.2) is 11.4 Å². The van der Waals surface area contributed by atoms with Gasteiger partial charge in [-0.3, -0.25) is 0 Å². The zero-order valence-corrected chi connectivity index (χ0v) is 14.2. The van der Waals surface area contributed by atoms with Crippen LogP contribution in [-0.4, -0.2) is 13.4 Å². The molecule has 0 amide bonds. The first-order valence-corrected chi connectivity index (χ1v) is 8.88. The van der Waals surface area contributed by atoms with Crippen molar-refractivity contribution in [2.75, 3.05) is 0 Å². The standard InChI is InChI=1S/C19H14N2O3S/c1-14-7-9-16(10-8-14)25(22,23)24-19-12-11-17(21-18(19)13-20)15-5-3-2-4-6-15/h2-12H,1H3. The lowest BCUT2D eigenvalue weighted by Gasteiger charge is -2.09. The summed E-state index contributed by atoms with van der Waals surface area (Å²) in [7, 11) is -4.03. The molecule has 0 bridgehead atoms. The molecule has 0 radical (unpaired) electrons. The largest absolute Gasteiger partial charge is 0.376 e. The summed E-state index contributed by atoms with van der Waals surface area (Å²) in [5, 5.41) is 9.31. The second-order valence-corrected chi connectivity index (χ2v) is 6.92. The van der Waals surface area contributed by atoms with Crippen molar-refractivity contribution in [2.45, 2.75) is 11.8 Å². The lowest BCUT2D eigenvalue weighted by molar-refractivity contribution is 0.484. The number of rotatable bonds is 4. The number of pyridine rings is 1. The zero-order valence-electron chi connectivity index (χ0n) is 13.4. The van der Waals surface area contributed by atoms with Gasteiger partial charge < -0.3 is 4.18 Å². The highest BCUT2D eigenvalue weighted by Crippen LogP contribution is 2.25. The van der Waals surface area contributed by atoms with Crippen LogP contribution in [0.15, 0.2) is 71.6 Å². The topological polar surface area (TPSA) is 80.1 Å². The first-order chi connectivity index (χ1) is 12.0. The van der Waals surface area contributed by atoms with E-state index in [-0.39, 0.29) is 16.3 Å². The molecular weight excluding hydrogens is 336 g/mol. The van der Waals surface area contributed by atoms with E-state index in [4.69, 9.17) is 4.18 Å². The highest BCUT2D eigenvalue weighted by atomic mass is 32.2. The molecule has 0 aliphatic carbocycles. The third-order valence-electron chi connectivity index (χ3n) is 3.54. The number of aromatic nitrogens is 1. The summed E-state index contributed by atoms with van der Waals surface area (Å²) in [6.45, 7) is 1.86. The Kier molecular flexibility index (Phi) is 4.50. The average Bonchev–Trinajstić information content (AvgIpc) is 2.63. The molecule has 2 aromatic carbocycles. The number of hydrogen-bond acceptors (Lipinski definition) is 5. The van der Waals surface area contributed by atoms with Gasteiger partial charge in [0, 0.05) is 5.56 Å². The summed E-state index contributed by atoms with van der Waals surface area (Å²) in [5.74, 6) is -0.0947. The molecular formula is C19H14N2O3S. The highest BCUT2D eigenvalue weighted by molar-refractivity contribution is 7.87. The summed E-state index contributed by atoms with van der Waals surface area (Å²) < 4.78 is 29.9. The van der Waals surface area contributed by atoms with Crippen LogP contribution in [0.3, 0.4) is 0 Å². The second kappa shape index (κ2) is 6.75. The van der Waals surface area contributed by atoms with E-state index < -0.39 is 10.1 Å². The molecule has 1 heterocycles. The van der Waals surface area contributed by atoms with Crippen LogP contribution in [0.2, 0.25) is 0 Å². The summed E-state index contributed by atoms with van der Waals surface area (Å²) in [4.78, 5) is 4.23. The number of hydrogen-bond donors (Lipinski definition) is 0. The van der Waals surface area contributed by atoms with Crippen molar-refractivity contribution in [1.82, 2.24) is 4.98 Å². The quantitative estimate of drug-likeness (QED) is 0.670. The van der Waals surface area contributed by atoms with E-state index in [1.165, 1.54) is 18.2 Å². The monoisotopic (exact) mass is 350 g/mol. The van der Waals surface area contributed by atoms with E-state index in [9.17, 15) is 13.7 Å². The lowest BCUT2D eigenvalue weighted by atomic mass is 10.1. The van der Waals surface area contributed by atoms with Gasteiger partial charge in [0.05, 0.1) is 5.69 Å². The number of aryl methyl sites for hydroxylation is 1. The van der Waals surface area contributed by atoms with Gasteiger partial charge in [0.25, 0.3) is 0 Å². The fourth-order valence-electron chi connectivity index (χ4n) is 2.23. The van der Waals surface area contributed by atoms with Gasteiger partial charge in [-0.1, -0.05) is 48.0 Å². The van der Waals surface area contributed by atoms with Crippen LogP contribution in [-0.2, 0) is 10.1 Å². The Balaban J connectivity index is 1.95. The summed E-state index contributed by atoms with van der Waals surface area (Å²) in [6, 6.07) is 20.5. The fraction of sp³-hybridized carbons (Fsp3) is 0.0526. The van der Waals surface area contributed by atoms with E-state index in [1.807, 2.05) is 43.3 Å². The molecule has 0 N–H and O–H groups in total. The van der Waals surface area contributed by atoms with Gasteiger partial charge in [-0.15, -0.1) is 0 Å². The van der Waals surface area contributed by atoms with Crippen LogP contribution in [0.5, 0.6) is 5.75 Å². The van der Waals surface area contributed by atoms with Crippen molar-refractivity contribution in [2.24, 2.45) is 0 Å². The SMILES string of the molecule is Cc1ccc(S(=O)(=O)Oc2ccc(-c3ccccc3)nc2C#N)cc1. The van der Waals surface area contributed by atoms with Gasteiger partial charge in [0.1, 0.15) is 11.0 Å². The smallest absolute Gasteiger partial charge is 0.339 e. The molecule has 0 fully saturated rings. The minimum atomic E-state index is -4.03. The van der Waals surface area contributed by atoms with E-state index in [0.717, 1.165) is 11.1 Å².